The van der Waals surface area contributed by atoms with Crippen LogP contribution in [0.1, 0.15) is 11.1 Å². The number of thiocarbonyl (C=S) groups is 1. The Morgan fingerprint density at radius 3 is 2.52 bits per heavy atom. The lowest BCUT2D eigenvalue weighted by molar-refractivity contribution is -0.113. The molecule has 4 rings (SSSR count). The number of carbonyl (C=O) groups excluding carboxylic acids is 1. The van der Waals surface area contributed by atoms with Crippen molar-refractivity contribution in [2.24, 2.45) is 0 Å². The Hall–Kier alpha value is -2.74. The van der Waals surface area contributed by atoms with Gasteiger partial charge in [0, 0.05) is 10.6 Å². The molecule has 0 aromatic heterocycles. The number of methoxy groups -OCH3 is 1. The van der Waals surface area contributed by atoms with Crippen LogP contribution in [0.15, 0.2) is 82.6 Å². The number of nitrogens with zero attached hydrogens (tertiary/aromatic N) is 1. The number of rotatable bonds is 8. The molecule has 0 saturated carbocycles. The first-order valence-electron chi connectivity index (χ1n) is 10.4. The standard InChI is InChI=1S/C26H23NO3S3/c1-18-8-11-21(12-9-18)32-15-14-30-22-13-10-19(16-23(22)29-2)17-24-25(28)27(26(31)33-24)20-6-4-3-5-7-20/h3-13,16-17H,14-15H2,1-2H3/b24-17+. The number of para-hydroxylation sites is 1. The van der Waals surface area contributed by atoms with Crippen LogP contribution in [0.25, 0.3) is 6.08 Å². The molecular formula is C26H23NO3S3. The van der Waals surface area contributed by atoms with Crippen molar-refractivity contribution in [2.45, 2.75) is 11.8 Å². The van der Waals surface area contributed by atoms with Gasteiger partial charge in [0.15, 0.2) is 15.8 Å². The minimum Gasteiger partial charge on any atom is -0.493 e. The lowest BCUT2D eigenvalue weighted by atomic mass is 10.2. The average Bonchev–Trinajstić information content (AvgIpc) is 3.11. The Kier molecular flexibility index (Phi) is 7.75. The predicted octanol–water partition coefficient (Wildman–Crippen LogP) is 6.58. The van der Waals surface area contributed by atoms with Crippen LogP contribution in [0.2, 0.25) is 0 Å². The van der Waals surface area contributed by atoms with Gasteiger partial charge >= 0.3 is 0 Å². The number of thioether (sulfide) groups is 2. The van der Waals surface area contributed by atoms with Crippen molar-refractivity contribution in [3.63, 3.8) is 0 Å². The van der Waals surface area contributed by atoms with E-state index in [4.69, 9.17) is 21.7 Å². The van der Waals surface area contributed by atoms with Gasteiger partial charge in [0.25, 0.3) is 5.91 Å². The van der Waals surface area contributed by atoms with Crippen LogP contribution < -0.4 is 14.4 Å². The van der Waals surface area contributed by atoms with E-state index in [1.165, 1.54) is 22.2 Å². The molecule has 0 N–H and O–H groups in total. The smallest absolute Gasteiger partial charge is 0.270 e. The lowest BCUT2D eigenvalue weighted by Gasteiger charge is -2.14. The maximum Gasteiger partial charge on any atom is 0.270 e. The average molecular weight is 494 g/mol. The molecule has 0 aliphatic carbocycles. The zero-order chi connectivity index (χ0) is 23.2. The molecule has 3 aromatic carbocycles. The summed E-state index contributed by atoms with van der Waals surface area (Å²) in [6.07, 6.45) is 1.84. The van der Waals surface area contributed by atoms with E-state index in [1.54, 1.807) is 23.8 Å². The number of amides is 1. The summed E-state index contributed by atoms with van der Waals surface area (Å²) in [6, 6.07) is 23.6. The van der Waals surface area contributed by atoms with Gasteiger partial charge in [-0.3, -0.25) is 9.69 Å². The van der Waals surface area contributed by atoms with Crippen LogP contribution >= 0.6 is 35.7 Å². The molecule has 3 aromatic rings. The lowest BCUT2D eigenvalue weighted by Crippen LogP contribution is -2.27. The fourth-order valence-electron chi connectivity index (χ4n) is 3.26. The minimum absolute atomic E-state index is 0.122. The van der Waals surface area contributed by atoms with Crippen molar-refractivity contribution in [3.8, 4) is 11.5 Å². The summed E-state index contributed by atoms with van der Waals surface area (Å²) in [5.74, 6) is 2.01. The monoisotopic (exact) mass is 493 g/mol. The number of benzene rings is 3. The molecule has 1 aliphatic heterocycles. The highest BCUT2D eigenvalue weighted by molar-refractivity contribution is 8.27. The third-order valence-corrected chi connectivity index (χ3v) is 7.20. The van der Waals surface area contributed by atoms with Gasteiger partial charge in [-0.1, -0.05) is 65.9 Å². The van der Waals surface area contributed by atoms with Gasteiger partial charge < -0.3 is 9.47 Å². The summed E-state index contributed by atoms with van der Waals surface area (Å²) in [7, 11) is 1.61. The summed E-state index contributed by atoms with van der Waals surface area (Å²) in [6.45, 7) is 2.64. The molecule has 0 unspecified atom stereocenters. The fraction of sp³-hybridized carbons (Fsp3) is 0.154. The van der Waals surface area contributed by atoms with E-state index in [9.17, 15) is 4.79 Å². The third-order valence-electron chi connectivity index (χ3n) is 4.92. The summed E-state index contributed by atoms with van der Waals surface area (Å²) < 4.78 is 12.0. The van der Waals surface area contributed by atoms with Crippen LogP contribution in [0.3, 0.4) is 0 Å². The molecule has 1 heterocycles. The van der Waals surface area contributed by atoms with Gasteiger partial charge in [0.1, 0.15) is 0 Å². The van der Waals surface area contributed by atoms with Crippen molar-refractivity contribution < 1.29 is 14.3 Å². The van der Waals surface area contributed by atoms with Gasteiger partial charge in [-0.2, -0.15) is 0 Å². The maximum atomic E-state index is 12.9. The van der Waals surface area contributed by atoms with Crippen LogP contribution in [0, 0.1) is 6.92 Å². The molecule has 4 nitrogen and oxygen atoms in total. The van der Waals surface area contributed by atoms with E-state index in [-0.39, 0.29) is 5.91 Å². The van der Waals surface area contributed by atoms with Crippen LogP contribution in [-0.2, 0) is 4.79 Å². The topological polar surface area (TPSA) is 38.8 Å². The molecule has 1 fully saturated rings. The van der Waals surface area contributed by atoms with E-state index in [2.05, 4.69) is 31.2 Å². The van der Waals surface area contributed by atoms with Crippen LogP contribution in [0.4, 0.5) is 5.69 Å². The molecule has 1 amide bonds. The summed E-state index contributed by atoms with van der Waals surface area (Å²) in [5.41, 5.74) is 2.87. The molecule has 1 saturated heterocycles. The zero-order valence-electron chi connectivity index (χ0n) is 18.3. The largest absolute Gasteiger partial charge is 0.493 e. The van der Waals surface area contributed by atoms with Gasteiger partial charge in [0.2, 0.25) is 0 Å². The number of aryl methyl sites for hydroxylation is 1. The molecule has 33 heavy (non-hydrogen) atoms. The number of anilines is 1. The Morgan fingerprint density at radius 2 is 1.79 bits per heavy atom. The quantitative estimate of drug-likeness (QED) is 0.153. The molecule has 0 bridgehead atoms. The van der Waals surface area contributed by atoms with E-state index < -0.39 is 0 Å². The van der Waals surface area contributed by atoms with Crippen molar-refractivity contribution in [1.82, 2.24) is 0 Å². The second-order valence-electron chi connectivity index (χ2n) is 7.27. The minimum atomic E-state index is -0.122. The van der Waals surface area contributed by atoms with Crippen LogP contribution in [0.5, 0.6) is 11.5 Å². The summed E-state index contributed by atoms with van der Waals surface area (Å²) in [4.78, 5) is 16.3. The van der Waals surface area contributed by atoms with Gasteiger partial charge in [-0.15, -0.1) is 11.8 Å². The number of hydrogen-bond acceptors (Lipinski definition) is 6. The zero-order valence-corrected chi connectivity index (χ0v) is 20.8. The van der Waals surface area contributed by atoms with E-state index >= 15 is 0 Å². The Bertz CT molecular complexity index is 1180. The molecule has 7 heteroatoms. The van der Waals surface area contributed by atoms with Crippen molar-refractivity contribution in [3.05, 3.63) is 88.8 Å². The second kappa shape index (κ2) is 10.9. The summed E-state index contributed by atoms with van der Waals surface area (Å²) in [5, 5.41) is 0. The molecule has 0 radical (unpaired) electrons. The summed E-state index contributed by atoms with van der Waals surface area (Å²) >= 11 is 8.50. The molecule has 1 aliphatic rings. The first-order valence-corrected chi connectivity index (χ1v) is 12.6. The SMILES string of the molecule is COc1cc(/C=C2/SC(=S)N(c3ccccc3)C2=O)ccc1OCCSc1ccc(C)cc1. The van der Waals surface area contributed by atoms with Gasteiger partial charge in [-0.05, 0) is 55.0 Å². The normalized spacial score (nSPS) is 14.7. The van der Waals surface area contributed by atoms with Crippen molar-refractivity contribution >= 4 is 57.7 Å². The maximum absolute atomic E-state index is 12.9. The number of carbonyl (C=O) groups is 1. The Morgan fingerprint density at radius 1 is 1.03 bits per heavy atom. The van der Waals surface area contributed by atoms with Crippen LogP contribution in [-0.4, -0.2) is 29.7 Å². The molecule has 0 spiro atoms. The predicted molar refractivity (Wildman–Crippen MR) is 142 cm³/mol. The first-order chi connectivity index (χ1) is 16.0. The Balaban J connectivity index is 1.41. The second-order valence-corrected chi connectivity index (χ2v) is 10.1. The third kappa shape index (κ3) is 5.79. The highest BCUT2D eigenvalue weighted by Gasteiger charge is 2.33. The molecule has 0 atom stereocenters. The number of ether oxygens (including phenoxy) is 2. The van der Waals surface area contributed by atoms with E-state index in [0.29, 0.717) is 27.3 Å². The van der Waals surface area contributed by atoms with Gasteiger partial charge in [-0.25, -0.2) is 0 Å². The van der Waals surface area contributed by atoms with E-state index in [1.807, 2.05) is 54.6 Å². The highest BCUT2D eigenvalue weighted by Crippen LogP contribution is 2.37. The van der Waals surface area contributed by atoms with Gasteiger partial charge in [0.05, 0.1) is 24.3 Å². The number of hydrogen-bond donors (Lipinski definition) is 0. The van der Waals surface area contributed by atoms with Crippen molar-refractivity contribution in [1.29, 1.82) is 0 Å². The highest BCUT2D eigenvalue weighted by atomic mass is 32.2. The van der Waals surface area contributed by atoms with E-state index in [0.717, 1.165) is 17.0 Å². The fourth-order valence-corrected chi connectivity index (χ4v) is 5.29. The Labute approximate surface area is 208 Å². The molecule has 168 valence electrons. The first kappa shape index (κ1) is 23.4. The molecular weight excluding hydrogens is 470 g/mol. The van der Waals surface area contributed by atoms with Crippen molar-refractivity contribution in [2.75, 3.05) is 24.4 Å².